The highest BCUT2D eigenvalue weighted by Gasteiger charge is 2.10. The number of hydrogen-bond donors (Lipinski definition) is 0. The fourth-order valence-electron chi connectivity index (χ4n) is 2.75. The van der Waals surface area contributed by atoms with E-state index >= 15 is 0 Å². The molecule has 0 unspecified atom stereocenters. The summed E-state index contributed by atoms with van der Waals surface area (Å²) in [6, 6.07) is 13.5. The van der Waals surface area contributed by atoms with Crippen LogP contribution in [0.3, 0.4) is 0 Å². The molecular weight excluding hydrogens is 346 g/mol. The predicted octanol–water partition coefficient (Wildman–Crippen LogP) is 1.94. The Bertz CT molecular complexity index is 1160. The zero-order valence-corrected chi connectivity index (χ0v) is 14.4. The van der Waals surface area contributed by atoms with Gasteiger partial charge in [0.1, 0.15) is 24.9 Å². The average molecular weight is 361 g/mol. The van der Waals surface area contributed by atoms with Crippen molar-refractivity contribution in [3.05, 3.63) is 88.5 Å². The molecule has 0 saturated heterocycles. The van der Waals surface area contributed by atoms with E-state index in [1.165, 1.54) is 16.8 Å². The number of benzene rings is 1. The van der Waals surface area contributed by atoms with Crippen LogP contribution in [0, 0.1) is 6.92 Å². The number of pyridine rings is 1. The van der Waals surface area contributed by atoms with E-state index in [0.717, 1.165) is 11.4 Å². The number of aromatic nitrogens is 5. The second-order valence-corrected chi connectivity index (χ2v) is 5.91. The minimum atomic E-state index is -0.494. The van der Waals surface area contributed by atoms with Gasteiger partial charge in [0.05, 0.1) is 16.9 Å². The summed E-state index contributed by atoms with van der Waals surface area (Å²) >= 11 is 0. The van der Waals surface area contributed by atoms with E-state index in [0.29, 0.717) is 16.9 Å². The molecule has 134 valence electrons. The molecule has 0 radical (unpaired) electrons. The first kappa shape index (κ1) is 16.6. The number of nitrogens with zero attached hydrogens (tertiary/aromatic N) is 5. The first-order valence-corrected chi connectivity index (χ1v) is 8.22. The maximum atomic E-state index is 12.3. The monoisotopic (exact) mass is 361 g/mol. The lowest BCUT2D eigenvalue weighted by atomic mass is 10.2. The molecule has 0 aliphatic heterocycles. The molecule has 0 atom stereocenters. The van der Waals surface area contributed by atoms with Gasteiger partial charge in [-0.05, 0) is 43.3 Å². The molecule has 0 saturated carbocycles. The first-order valence-electron chi connectivity index (χ1n) is 8.22. The minimum Gasteiger partial charge on any atom is -0.456 e. The van der Waals surface area contributed by atoms with Crippen LogP contribution in [0.5, 0.6) is 0 Å². The van der Waals surface area contributed by atoms with Crippen LogP contribution in [0.15, 0.2) is 66.0 Å². The summed E-state index contributed by atoms with van der Waals surface area (Å²) in [4.78, 5) is 32.8. The number of ether oxygens (including phenoxy) is 1. The number of esters is 1. The SMILES string of the molecule is Cc1cccc2nc(COC(=O)c3ccc(-n4cncn4)cc3)cc(=O)n12. The van der Waals surface area contributed by atoms with Gasteiger partial charge in [0, 0.05) is 11.8 Å². The van der Waals surface area contributed by atoms with Crippen LogP contribution in [0.25, 0.3) is 11.3 Å². The summed E-state index contributed by atoms with van der Waals surface area (Å²) in [5, 5.41) is 4.03. The van der Waals surface area contributed by atoms with Crippen LogP contribution in [0.2, 0.25) is 0 Å². The number of fused-ring (bicyclic) bond motifs is 1. The number of rotatable bonds is 4. The van der Waals surface area contributed by atoms with E-state index in [1.54, 1.807) is 41.3 Å². The van der Waals surface area contributed by atoms with Crippen LogP contribution in [-0.4, -0.2) is 30.1 Å². The largest absolute Gasteiger partial charge is 0.456 e. The van der Waals surface area contributed by atoms with Crippen molar-refractivity contribution in [1.29, 1.82) is 0 Å². The molecule has 3 aromatic heterocycles. The molecule has 0 bridgehead atoms. The molecule has 27 heavy (non-hydrogen) atoms. The standard InChI is InChI=1S/C19H15N5O3/c1-13-3-2-4-17-22-15(9-18(25)24(13)17)10-27-19(26)14-5-7-16(8-6-14)23-12-20-11-21-23/h2-9,11-12H,10H2,1H3. The van der Waals surface area contributed by atoms with Gasteiger partial charge < -0.3 is 4.74 Å². The molecule has 4 rings (SSSR count). The van der Waals surface area contributed by atoms with Gasteiger partial charge in [-0.2, -0.15) is 5.10 Å². The molecule has 1 aromatic carbocycles. The van der Waals surface area contributed by atoms with Gasteiger partial charge in [-0.1, -0.05) is 6.07 Å². The fourth-order valence-corrected chi connectivity index (χ4v) is 2.75. The van der Waals surface area contributed by atoms with Crippen LogP contribution >= 0.6 is 0 Å². The van der Waals surface area contributed by atoms with Crippen molar-refractivity contribution in [3.8, 4) is 5.69 Å². The maximum absolute atomic E-state index is 12.3. The van der Waals surface area contributed by atoms with Gasteiger partial charge >= 0.3 is 5.97 Å². The Balaban J connectivity index is 1.49. The molecule has 0 fully saturated rings. The summed E-state index contributed by atoms with van der Waals surface area (Å²) < 4.78 is 8.39. The quantitative estimate of drug-likeness (QED) is 0.516. The molecule has 4 aromatic rings. The van der Waals surface area contributed by atoms with Crippen molar-refractivity contribution in [2.24, 2.45) is 0 Å². The predicted molar refractivity (Wildman–Crippen MR) is 96.7 cm³/mol. The Labute approximate surface area is 153 Å². The number of carbonyl (C=O) groups is 1. The maximum Gasteiger partial charge on any atom is 0.338 e. The Kier molecular flexibility index (Phi) is 4.21. The van der Waals surface area contributed by atoms with Crippen molar-refractivity contribution < 1.29 is 9.53 Å². The lowest BCUT2D eigenvalue weighted by Gasteiger charge is -2.08. The Hall–Kier alpha value is -3.81. The number of hydrogen-bond acceptors (Lipinski definition) is 6. The second kappa shape index (κ2) is 6.83. The zero-order valence-electron chi connectivity index (χ0n) is 14.4. The van der Waals surface area contributed by atoms with Gasteiger partial charge in [-0.25, -0.2) is 19.4 Å². The average Bonchev–Trinajstić information content (AvgIpc) is 3.21. The highest BCUT2D eigenvalue weighted by molar-refractivity contribution is 5.89. The lowest BCUT2D eigenvalue weighted by Crippen LogP contribution is -2.18. The molecule has 0 N–H and O–H groups in total. The molecule has 8 heteroatoms. The third-order valence-electron chi connectivity index (χ3n) is 4.07. The summed E-state index contributed by atoms with van der Waals surface area (Å²) in [6.07, 6.45) is 3.00. The third-order valence-corrected chi connectivity index (χ3v) is 4.07. The zero-order chi connectivity index (χ0) is 18.8. The lowest BCUT2D eigenvalue weighted by molar-refractivity contribution is 0.0467. The highest BCUT2D eigenvalue weighted by atomic mass is 16.5. The second-order valence-electron chi connectivity index (χ2n) is 5.91. The topological polar surface area (TPSA) is 91.4 Å². The Morgan fingerprint density at radius 2 is 1.96 bits per heavy atom. The summed E-state index contributed by atoms with van der Waals surface area (Å²) in [5.74, 6) is -0.494. The van der Waals surface area contributed by atoms with Gasteiger partial charge in [-0.3, -0.25) is 9.20 Å². The molecule has 8 nitrogen and oxygen atoms in total. The Morgan fingerprint density at radius 3 is 2.70 bits per heavy atom. The number of carbonyl (C=O) groups excluding carboxylic acids is 1. The molecular formula is C19H15N5O3. The number of aryl methyl sites for hydroxylation is 1. The third kappa shape index (κ3) is 3.32. The van der Waals surface area contributed by atoms with Crippen molar-refractivity contribution in [1.82, 2.24) is 24.1 Å². The molecule has 0 aliphatic carbocycles. The minimum absolute atomic E-state index is 0.0800. The molecule has 0 spiro atoms. The van der Waals surface area contributed by atoms with E-state index in [9.17, 15) is 9.59 Å². The van der Waals surface area contributed by atoms with Gasteiger partial charge in [0.25, 0.3) is 5.56 Å². The van der Waals surface area contributed by atoms with Crippen LogP contribution < -0.4 is 5.56 Å². The van der Waals surface area contributed by atoms with Crippen molar-refractivity contribution >= 4 is 11.6 Å². The first-order chi connectivity index (χ1) is 13.1. The van der Waals surface area contributed by atoms with E-state index in [-0.39, 0.29) is 12.2 Å². The molecule has 0 aliphatic rings. The van der Waals surface area contributed by atoms with Crippen LogP contribution in [-0.2, 0) is 11.3 Å². The van der Waals surface area contributed by atoms with Crippen molar-refractivity contribution in [2.75, 3.05) is 0 Å². The highest BCUT2D eigenvalue weighted by Crippen LogP contribution is 2.10. The van der Waals surface area contributed by atoms with E-state index in [1.807, 2.05) is 19.1 Å². The van der Waals surface area contributed by atoms with Crippen molar-refractivity contribution in [2.45, 2.75) is 13.5 Å². The van der Waals surface area contributed by atoms with Crippen molar-refractivity contribution in [3.63, 3.8) is 0 Å². The van der Waals surface area contributed by atoms with Crippen LogP contribution in [0.1, 0.15) is 21.7 Å². The van der Waals surface area contributed by atoms with E-state index in [4.69, 9.17) is 4.74 Å². The Morgan fingerprint density at radius 1 is 1.15 bits per heavy atom. The molecule has 0 amide bonds. The van der Waals surface area contributed by atoms with E-state index < -0.39 is 5.97 Å². The fraction of sp³-hybridized carbons (Fsp3) is 0.105. The summed E-state index contributed by atoms with van der Waals surface area (Å²) in [5.41, 5.74) is 2.68. The van der Waals surface area contributed by atoms with Gasteiger partial charge in [0.2, 0.25) is 0 Å². The van der Waals surface area contributed by atoms with E-state index in [2.05, 4.69) is 15.1 Å². The smallest absolute Gasteiger partial charge is 0.338 e. The van der Waals surface area contributed by atoms with Gasteiger partial charge in [0.15, 0.2) is 0 Å². The normalized spacial score (nSPS) is 10.9. The molecule has 3 heterocycles. The summed E-state index contributed by atoms with van der Waals surface area (Å²) in [6.45, 7) is 1.75. The van der Waals surface area contributed by atoms with Crippen LogP contribution in [0.4, 0.5) is 0 Å². The summed E-state index contributed by atoms with van der Waals surface area (Å²) in [7, 11) is 0. The van der Waals surface area contributed by atoms with Gasteiger partial charge in [-0.15, -0.1) is 0 Å².